The van der Waals surface area contributed by atoms with Gasteiger partial charge in [-0.15, -0.1) is 0 Å². The Balaban J connectivity index is 1.98. The summed E-state index contributed by atoms with van der Waals surface area (Å²) in [6.45, 7) is 7.80. The Morgan fingerprint density at radius 1 is 1.24 bits per heavy atom. The van der Waals surface area contributed by atoms with Crippen LogP contribution in [0, 0.1) is 13.8 Å². The fourth-order valence-corrected chi connectivity index (χ4v) is 4.42. The van der Waals surface area contributed by atoms with Gasteiger partial charge in [-0.1, -0.05) is 0 Å². The van der Waals surface area contributed by atoms with Crippen molar-refractivity contribution in [3.8, 4) is 11.5 Å². The van der Waals surface area contributed by atoms with E-state index < -0.39 is 15.9 Å². The minimum absolute atomic E-state index is 0.0690. The third kappa shape index (κ3) is 4.23. The third-order valence-corrected chi connectivity index (χ3v) is 6.53. The minimum atomic E-state index is -3.69. The van der Waals surface area contributed by atoms with E-state index in [-0.39, 0.29) is 16.6 Å². The summed E-state index contributed by atoms with van der Waals surface area (Å²) in [5.41, 5.74) is 3.08. The lowest BCUT2D eigenvalue weighted by Gasteiger charge is -2.15. The maximum Gasteiger partial charge on any atom is 0.255 e. The first-order valence-electron chi connectivity index (χ1n) is 9.48. The molecule has 1 amide bonds. The lowest BCUT2D eigenvalue weighted by molar-refractivity contribution is 0.102. The van der Waals surface area contributed by atoms with E-state index in [2.05, 4.69) is 10.0 Å². The Labute approximate surface area is 171 Å². The summed E-state index contributed by atoms with van der Waals surface area (Å²) >= 11 is 0. The van der Waals surface area contributed by atoms with Crippen molar-refractivity contribution >= 4 is 21.6 Å². The molecule has 29 heavy (non-hydrogen) atoms. The largest absolute Gasteiger partial charge is 0.492 e. The second-order valence-electron chi connectivity index (χ2n) is 7.10. The van der Waals surface area contributed by atoms with Gasteiger partial charge in [0, 0.05) is 23.6 Å². The number of benzene rings is 2. The van der Waals surface area contributed by atoms with Crippen molar-refractivity contribution in [1.29, 1.82) is 0 Å². The molecule has 1 aliphatic rings. The topological polar surface area (TPSA) is 93.7 Å². The zero-order valence-electron chi connectivity index (χ0n) is 17.3. The van der Waals surface area contributed by atoms with Crippen LogP contribution in [0.25, 0.3) is 0 Å². The zero-order chi connectivity index (χ0) is 21.3. The lowest BCUT2D eigenvalue weighted by Crippen LogP contribution is -2.21. The predicted molar refractivity (Wildman–Crippen MR) is 112 cm³/mol. The normalized spacial score (nSPS) is 15.6. The molecule has 0 fully saturated rings. The molecular weight excluding hydrogens is 392 g/mol. The number of amides is 1. The van der Waals surface area contributed by atoms with E-state index in [1.165, 1.54) is 13.1 Å². The van der Waals surface area contributed by atoms with Crippen LogP contribution in [0.5, 0.6) is 11.5 Å². The highest BCUT2D eigenvalue weighted by molar-refractivity contribution is 7.89. The molecule has 0 aliphatic carbocycles. The Kier molecular flexibility index (Phi) is 5.86. The van der Waals surface area contributed by atoms with E-state index in [9.17, 15) is 13.2 Å². The zero-order valence-corrected chi connectivity index (χ0v) is 18.1. The standard InChI is InChI=1S/C21H26N2O5S/c1-6-27-19-9-15-8-13(3)28-18(15)11-17(19)23-21(24)16-7-12(2)14(4)20(10-16)29(25,26)22-5/h7,9-11,13,22H,6,8H2,1-5H3,(H,23,24)/t13-/m1/s1. The van der Waals surface area contributed by atoms with Gasteiger partial charge in [-0.3, -0.25) is 4.79 Å². The van der Waals surface area contributed by atoms with Crippen molar-refractivity contribution in [1.82, 2.24) is 4.72 Å². The smallest absolute Gasteiger partial charge is 0.255 e. The molecule has 0 saturated carbocycles. The van der Waals surface area contributed by atoms with Crippen LogP contribution in [-0.2, 0) is 16.4 Å². The second kappa shape index (κ2) is 8.04. The maximum atomic E-state index is 12.9. The second-order valence-corrected chi connectivity index (χ2v) is 8.95. The summed E-state index contributed by atoms with van der Waals surface area (Å²) in [6.07, 6.45) is 0.853. The molecule has 2 N–H and O–H groups in total. The van der Waals surface area contributed by atoms with Gasteiger partial charge in [-0.25, -0.2) is 13.1 Å². The van der Waals surface area contributed by atoms with Crippen molar-refractivity contribution in [2.24, 2.45) is 0 Å². The molecule has 0 unspecified atom stereocenters. The minimum Gasteiger partial charge on any atom is -0.492 e. The van der Waals surface area contributed by atoms with Crippen molar-refractivity contribution in [2.75, 3.05) is 19.0 Å². The molecule has 0 aromatic heterocycles. The summed E-state index contributed by atoms with van der Waals surface area (Å²) in [4.78, 5) is 13.0. The van der Waals surface area contributed by atoms with Gasteiger partial charge in [-0.05, 0) is 64.1 Å². The number of ether oxygens (including phenoxy) is 2. The first kappa shape index (κ1) is 21.1. The number of fused-ring (bicyclic) bond motifs is 1. The molecule has 0 radical (unpaired) electrons. The van der Waals surface area contributed by atoms with Crippen LogP contribution in [0.2, 0.25) is 0 Å². The summed E-state index contributed by atoms with van der Waals surface area (Å²) < 4.78 is 38.4. The van der Waals surface area contributed by atoms with Crippen molar-refractivity contribution < 1.29 is 22.7 Å². The highest BCUT2D eigenvalue weighted by Gasteiger charge is 2.24. The van der Waals surface area contributed by atoms with E-state index in [0.717, 1.165) is 17.7 Å². The van der Waals surface area contributed by atoms with E-state index >= 15 is 0 Å². The highest BCUT2D eigenvalue weighted by Crippen LogP contribution is 2.38. The quantitative estimate of drug-likeness (QED) is 0.751. The molecule has 2 aromatic rings. The predicted octanol–water partition coefficient (Wildman–Crippen LogP) is 3.19. The molecule has 1 heterocycles. The molecule has 3 rings (SSSR count). The number of rotatable bonds is 6. The first-order valence-corrected chi connectivity index (χ1v) is 11.0. The molecule has 1 atom stereocenters. The maximum absolute atomic E-state index is 12.9. The fraction of sp³-hybridized carbons (Fsp3) is 0.381. The van der Waals surface area contributed by atoms with Crippen molar-refractivity contribution in [3.05, 3.63) is 46.5 Å². The molecule has 1 aliphatic heterocycles. The number of aryl methyl sites for hydroxylation is 1. The van der Waals surface area contributed by atoms with E-state index in [4.69, 9.17) is 9.47 Å². The molecular formula is C21H26N2O5S. The number of nitrogens with one attached hydrogen (secondary N) is 2. The van der Waals surface area contributed by atoms with E-state index in [0.29, 0.717) is 29.2 Å². The van der Waals surface area contributed by atoms with Crippen molar-refractivity contribution in [3.63, 3.8) is 0 Å². The average Bonchev–Trinajstić information content (AvgIpc) is 3.02. The number of carbonyl (C=O) groups excluding carboxylic acids is 1. The number of hydrogen-bond acceptors (Lipinski definition) is 5. The first-order chi connectivity index (χ1) is 13.7. The van der Waals surface area contributed by atoms with Crippen LogP contribution in [0.3, 0.4) is 0 Å². The molecule has 2 aromatic carbocycles. The summed E-state index contributed by atoms with van der Waals surface area (Å²) in [7, 11) is -2.34. The summed E-state index contributed by atoms with van der Waals surface area (Å²) in [5, 5.41) is 2.84. The molecule has 0 bridgehead atoms. The summed E-state index contributed by atoms with van der Waals surface area (Å²) in [6, 6.07) is 6.70. The van der Waals surface area contributed by atoms with Gasteiger partial charge >= 0.3 is 0 Å². The van der Waals surface area contributed by atoms with Crippen LogP contribution >= 0.6 is 0 Å². The van der Waals surface area contributed by atoms with Crippen LogP contribution in [0.15, 0.2) is 29.2 Å². The Bertz CT molecular complexity index is 1060. The highest BCUT2D eigenvalue weighted by atomic mass is 32.2. The average molecular weight is 419 g/mol. The van der Waals surface area contributed by atoms with Gasteiger partial charge in [0.1, 0.15) is 17.6 Å². The molecule has 0 saturated heterocycles. The molecule has 156 valence electrons. The fourth-order valence-electron chi connectivity index (χ4n) is 3.35. The Morgan fingerprint density at radius 2 is 1.97 bits per heavy atom. The van der Waals surface area contributed by atoms with Gasteiger partial charge in [-0.2, -0.15) is 0 Å². The lowest BCUT2D eigenvalue weighted by atomic mass is 10.1. The van der Waals surface area contributed by atoms with E-state index in [1.54, 1.807) is 26.0 Å². The number of hydrogen-bond donors (Lipinski definition) is 2. The number of anilines is 1. The SMILES string of the molecule is CCOc1cc2c(cc1NC(=O)c1cc(C)c(C)c(S(=O)(=O)NC)c1)O[C@H](C)C2. The van der Waals surface area contributed by atoms with Gasteiger partial charge in [0.15, 0.2) is 0 Å². The van der Waals surface area contributed by atoms with Crippen LogP contribution in [0.4, 0.5) is 5.69 Å². The van der Waals surface area contributed by atoms with Crippen LogP contribution in [-0.4, -0.2) is 34.1 Å². The Hall–Kier alpha value is -2.58. The molecule has 8 heteroatoms. The van der Waals surface area contributed by atoms with Gasteiger partial charge < -0.3 is 14.8 Å². The Morgan fingerprint density at radius 3 is 2.62 bits per heavy atom. The van der Waals surface area contributed by atoms with Crippen LogP contribution < -0.4 is 19.5 Å². The summed E-state index contributed by atoms with van der Waals surface area (Å²) in [5.74, 6) is 0.853. The number of sulfonamides is 1. The molecule has 0 spiro atoms. The van der Waals surface area contributed by atoms with Gasteiger partial charge in [0.25, 0.3) is 5.91 Å². The van der Waals surface area contributed by atoms with Gasteiger partial charge in [0.2, 0.25) is 10.0 Å². The monoisotopic (exact) mass is 418 g/mol. The third-order valence-electron chi connectivity index (χ3n) is 4.99. The van der Waals surface area contributed by atoms with Gasteiger partial charge in [0.05, 0.1) is 17.2 Å². The molecule has 7 nitrogen and oxygen atoms in total. The number of carbonyl (C=O) groups is 1. The van der Waals surface area contributed by atoms with Crippen molar-refractivity contribution in [2.45, 2.75) is 45.1 Å². The van der Waals surface area contributed by atoms with E-state index in [1.807, 2.05) is 19.9 Å². The van der Waals surface area contributed by atoms with Crippen LogP contribution in [0.1, 0.15) is 40.9 Å².